The number of rotatable bonds is 4. The maximum Gasteiger partial charge on any atom is 0.108 e. The standard InChI is InChI=1S/C13H18N2O/c16-14-13-6-4-5-12(11-13)7-10-15-8-2-1-3-9-15/h4-6,11H,1-3,7-10H2. The first-order valence-electron chi connectivity index (χ1n) is 6.03. The van der Waals surface area contributed by atoms with Gasteiger partial charge in [-0.2, -0.15) is 0 Å². The molecule has 1 aromatic carbocycles. The molecule has 0 saturated carbocycles. The molecule has 0 bridgehead atoms. The van der Waals surface area contributed by atoms with E-state index in [1.54, 1.807) is 6.07 Å². The van der Waals surface area contributed by atoms with Gasteiger partial charge in [0.1, 0.15) is 5.69 Å². The molecule has 0 unspecified atom stereocenters. The molecule has 3 heteroatoms. The summed E-state index contributed by atoms with van der Waals surface area (Å²) in [4.78, 5) is 12.9. The zero-order valence-corrected chi connectivity index (χ0v) is 9.56. The largest absolute Gasteiger partial charge is 0.303 e. The highest BCUT2D eigenvalue weighted by Gasteiger charge is 2.09. The summed E-state index contributed by atoms with van der Waals surface area (Å²) in [5.74, 6) is 0. The van der Waals surface area contributed by atoms with E-state index in [-0.39, 0.29) is 0 Å². The number of nitroso groups, excluding NO2 is 1. The molecule has 0 aromatic heterocycles. The molecule has 0 spiro atoms. The van der Waals surface area contributed by atoms with Gasteiger partial charge in [0.05, 0.1) is 0 Å². The van der Waals surface area contributed by atoms with Gasteiger partial charge in [-0.15, -0.1) is 4.91 Å². The Morgan fingerprint density at radius 1 is 1.19 bits per heavy atom. The van der Waals surface area contributed by atoms with Crippen LogP contribution in [0.2, 0.25) is 0 Å². The molecule has 86 valence electrons. The van der Waals surface area contributed by atoms with Crippen LogP contribution >= 0.6 is 0 Å². The summed E-state index contributed by atoms with van der Waals surface area (Å²) in [7, 11) is 0. The minimum Gasteiger partial charge on any atom is -0.303 e. The third-order valence-corrected chi connectivity index (χ3v) is 3.18. The van der Waals surface area contributed by atoms with Gasteiger partial charge in [0, 0.05) is 6.54 Å². The summed E-state index contributed by atoms with van der Waals surface area (Å²) < 4.78 is 0. The predicted octanol–water partition coefficient (Wildman–Crippen LogP) is 3.11. The van der Waals surface area contributed by atoms with E-state index in [9.17, 15) is 4.91 Å². The Bertz CT molecular complexity index is 346. The van der Waals surface area contributed by atoms with Crippen LogP contribution in [0.15, 0.2) is 29.4 Å². The molecule has 0 N–H and O–H groups in total. The Balaban J connectivity index is 1.85. The molecular formula is C13H18N2O. The second-order valence-electron chi connectivity index (χ2n) is 4.41. The van der Waals surface area contributed by atoms with Crippen molar-refractivity contribution in [3.05, 3.63) is 34.7 Å². The third kappa shape index (κ3) is 3.14. The molecule has 0 aliphatic carbocycles. The van der Waals surface area contributed by atoms with Crippen molar-refractivity contribution >= 4 is 5.69 Å². The highest BCUT2D eigenvalue weighted by atomic mass is 16.3. The van der Waals surface area contributed by atoms with Crippen molar-refractivity contribution in [1.82, 2.24) is 4.90 Å². The first kappa shape index (κ1) is 11.3. The Kier molecular flexibility index (Phi) is 4.05. The lowest BCUT2D eigenvalue weighted by atomic mass is 10.1. The molecule has 1 aliphatic heterocycles. The summed E-state index contributed by atoms with van der Waals surface area (Å²) in [6, 6.07) is 7.61. The summed E-state index contributed by atoms with van der Waals surface area (Å²) in [6.07, 6.45) is 5.05. The smallest absolute Gasteiger partial charge is 0.108 e. The van der Waals surface area contributed by atoms with Crippen LogP contribution in [-0.4, -0.2) is 24.5 Å². The van der Waals surface area contributed by atoms with Gasteiger partial charge < -0.3 is 4.90 Å². The van der Waals surface area contributed by atoms with Crippen LogP contribution in [-0.2, 0) is 6.42 Å². The zero-order chi connectivity index (χ0) is 11.2. The maximum absolute atomic E-state index is 10.4. The molecule has 1 heterocycles. The SMILES string of the molecule is O=Nc1cccc(CCN2CCCCC2)c1. The molecule has 0 amide bonds. The van der Waals surface area contributed by atoms with E-state index in [1.807, 2.05) is 12.1 Å². The summed E-state index contributed by atoms with van der Waals surface area (Å²) in [6.45, 7) is 3.56. The van der Waals surface area contributed by atoms with Gasteiger partial charge in [0.15, 0.2) is 0 Å². The third-order valence-electron chi connectivity index (χ3n) is 3.18. The first-order chi connectivity index (χ1) is 7.88. The highest BCUT2D eigenvalue weighted by molar-refractivity contribution is 5.39. The van der Waals surface area contributed by atoms with Crippen LogP contribution in [0.5, 0.6) is 0 Å². The van der Waals surface area contributed by atoms with Gasteiger partial charge in [-0.05, 0) is 55.2 Å². The summed E-state index contributed by atoms with van der Waals surface area (Å²) in [5.41, 5.74) is 1.75. The lowest BCUT2D eigenvalue weighted by Crippen LogP contribution is -2.31. The lowest BCUT2D eigenvalue weighted by molar-refractivity contribution is 0.231. The van der Waals surface area contributed by atoms with Crippen molar-refractivity contribution in [3.63, 3.8) is 0 Å². The van der Waals surface area contributed by atoms with Gasteiger partial charge in [0.25, 0.3) is 0 Å². The maximum atomic E-state index is 10.4. The van der Waals surface area contributed by atoms with Crippen LogP contribution in [0, 0.1) is 4.91 Å². The minimum atomic E-state index is 0.538. The first-order valence-corrected chi connectivity index (χ1v) is 6.03. The number of hydrogen-bond donors (Lipinski definition) is 0. The average molecular weight is 218 g/mol. The number of hydrogen-bond acceptors (Lipinski definition) is 3. The van der Waals surface area contributed by atoms with Gasteiger partial charge in [0.2, 0.25) is 0 Å². The number of piperidine rings is 1. The fourth-order valence-electron chi connectivity index (χ4n) is 2.24. The minimum absolute atomic E-state index is 0.538. The van der Waals surface area contributed by atoms with Crippen LogP contribution in [0.25, 0.3) is 0 Å². The van der Waals surface area contributed by atoms with Gasteiger partial charge in [-0.25, -0.2) is 0 Å². The highest BCUT2D eigenvalue weighted by Crippen LogP contribution is 2.15. The topological polar surface area (TPSA) is 32.7 Å². The van der Waals surface area contributed by atoms with Crippen LogP contribution < -0.4 is 0 Å². The van der Waals surface area contributed by atoms with E-state index in [0.717, 1.165) is 13.0 Å². The second-order valence-corrected chi connectivity index (χ2v) is 4.41. The van der Waals surface area contributed by atoms with E-state index >= 15 is 0 Å². The molecular weight excluding hydrogens is 200 g/mol. The molecule has 1 saturated heterocycles. The van der Waals surface area contributed by atoms with Crippen LogP contribution in [0.4, 0.5) is 5.69 Å². The number of nitrogens with zero attached hydrogens (tertiary/aromatic N) is 2. The molecule has 1 aromatic rings. The molecule has 16 heavy (non-hydrogen) atoms. The molecule has 1 aliphatic rings. The zero-order valence-electron chi connectivity index (χ0n) is 9.56. The predicted molar refractivity (Wildman–Crippen MR) is 65.9 cm³/mol. The molecule has 1 fully saturated rings. The van der Waals surface area contributed by atoms with E-state index in [0.29, 0.717) is 5.69 Å². The lowest BCUT2D eigenvalue weighted by Gasteiger charge is -2.26. The second kappa shape index (κ2) is 5.75. The van der Waals surface area contributed by atoms with Crippen LogP contribution in [0.3, 0.4) is 0 Å². The van der Waals surface area contributed by atoms with Crippen LogP contribution in [0.1, 0.15) is 24.8 Å². The van der Waals surface area contributed by atoms with Crippen molar-refractivity contribution < 1.29 is 0 Å². The fourth-order valence-corrected chi connectivity index (χ4v) is 2.24. The van der Waals surface area contributed by atoms with Crippen molar-refractivity contribution in [3.8, 4) is 0 Å². The van der Waals surface area contributed by atoms with Crippen molar-refractivity contribution in [2.24, 2.45) is 5.18 Å². The summed E-state index contributed by atoms with van der Waals surface area (Å²) in [5, 5.41) is 2.96. The van der Waals surface area contributed by atoms with E-state index in [2.05, 4.69) is 16.1 Å². The average Bonchev–Trinajstić information content (AvgIpc) is 2.38. The van der Waals surface area contributed by atoms with E-state index < -0.39 is 0 Å². The van der Waals surface area contributed by atoms with E-state index in [4.69, 9.17) is 0 Å². The quantitative estimate of drug-likeness (QED) is 0.727. The monoisotopic (exact) mass is 218 g/mol. The number of likely N-dealkylation sites (tertiary alicyclic amines) is 1. The molecule has 0 radical (unpaired) electrons. The Hall–Kier alpha value is -1.22. The van der Waals surface area contributed by atoms with E-state index in [1.165, 1.54) is 37.9 Å². The normalized spacial score (nSPS) is 17.2. The van der Waals surface area contributed by atoms with Gasteiger partial charge >= 0.3 is 0 Å². The molecule has 2 rings (SSSR count). The Labute approximate surface area is 96.4 Å². The Morgan fingerprint density at radius 2 is 2.00 bits per heavy atom. The van der Waals surface area contributed by atoms with Gasteiger partial charge in [-0.3, -0.25) is 0 Å². The number of benzene rings is 1. The Morgan fingerprint density at radius 3 is 2.75 bits per heavy atom. The fraction of sp³-hybridized carbons (Fsp3) is 0.538. The molecule has 3 nitrogen and oxygen atoms in total. The molecule has 0 atom stereocenters. The van der Waals surface area contributed by atoms with Crippen molar-refractivity contribution in [1.29, 1.82) is 0 Å². The summed E-state index contributed by atoms with van der Waals surface area (Å²) >= 11 is 0. The van der Waals surface area contributed by atoms with Gasteiger partial charge in [-0.1, -0.05) is 18.6 Å². The van der Waals surface area contributed by atoms with Crippen molar-refractivity contribution in [2.45, 2.75) is 25.7 Å². The van der Waals surface area contributed by atoms with Crippen molar-refractivity contribution in [2.75, 3.05) is 19.6 Å².